The third-order valence-electron chi connectivity index (χ3n) is 3.67. The van der Waals surface area contributed by atoms with Crippen LogP contribution in [0.4, 0.5) is 10.1 Å². The lowest BCUT2D eigenvalue weighted by molar-refractivity contribution is -0.138. The van der Waals surface area contributed by atoms with Crippen molar-refractivity contribution in [3.05, 3.63) is 70.3 Å². The van der Waals surface area contributed by atoms with Gasteiger partial charge in [0, 0.05) is 18.9 Å². The van der Waals surface area contributed by atoms with Gasteiger partial charge in [-0.3, -0.25) is 0 Å². The Morgan fingerprint density at radius 2 is 2.19 bits per heavy atom. The Bertz CT molecular complexity index is 944. The minimum Gasteiger partial charge on any atom is -0.506 e. The predicted octanol–water partition coefficient (Wildman–Crippen LogP) is 4.36. The van der Waals surface area contributed by atoms with Crippen LogP contribution in [0.3, 0.4) is 0 Å². The van der Waals surface area contributed by atoms with Crippen LogP contribution >= 0.6 is 11.8 Å². The normalized spacial score (nSPS) is 17.3. The molecule has 0 unspecified atom stereocenters. The number of hydrogen-bond donors (Lipinski definition) is 1. The molecule has 1 aliphatic heterocycles. The Balaban J connectivity index is 2.05. The van der Waals surface area contributed by atoms with Crippen LogP contribution in [-0.2, 0) is 16.6 Å². The molecule has 0 saturated heterocycles. The van der Waals surface area contributed by atoms with Crippen LogP contribution in [0.5, 0.6) is 0 Å². The van der Waals surface area contributed by atoms with Gasteiger partial charge < -0.3 is 14.4 Å². The topological polar surface area (TPSA) is 63.8 Å². The highest BCUT2D eigenvalue weighted by atomic mass is 32.2. The molecule has 134 valence electrons. The Labute approximate surface area is 154 Å². The van der Waals surface area contributed by atoms with E-state index in [2.05, 4.69) is 4.99 Å². The van der Waals surface area contributed by atoms with Crippen molar-refractivity contribution in [1.29, 1.82) is 0 Å². The maximum atomic E-state index is 13.4. The highest BCUT2D eigenvalue weighted by Crippen LogP contribution is 2.40. The number of carbonyl (C=O) groups excluding carboxylic acids is 1. The second-order valence-corrected chi connectivity index (χ2v) is 6.53. The second-order valence-electron chi connectivity index (χ2n) is 5.50. The number of aliphatic hydroxyl groups is 1. The summed E-state index contributed by atoms with van der Waals surface area (Å²) in [5.74, 6) is -1.28. The first kappa shape index (κ1) is 18.0. The zero-order chi connectivity index (χ0) is 18.7. The molecule has 1 aromatic carbocycles. The number of hydrogen-bond acceptors (Lipinski definition) is 5. The minimum absolute atomic E-state index is 0.0124. The summed E-state index contributed by atoms with van der Waals surface area (Å²) in [6, 6.07) is 9.48. The molecule has 0 atom stereocenters. The van der Waals surface area contributed by atoms with E-state index >= 15 is 0 Å². The minimum atomic E-state index is -0.664. The summed E-state index contributed by atoms with van der Waals surface area (Å²) in [5, 5.41) is 10.8. The Hall–Kier alpha value is -2.80. The Morgan fingerprint density at radius 1 is 1.38 bits per heavy atom. The molecule has 0 spiro atoms. The van der Waals surface area contributed by atoms with Gasteiger partial charge >= 0.3 is 5.97 Å². The van der Waals surface area contributed by atoms with Crippen LogP contribution in [-0.4, -0.2) is 27.3 Å². The van der Waals surface area contributed by atoms with Gasteiger partial charge in [0.15, 0.2) is 0 Å². The molecular formula is C19H17FN2O3S. The van der Waals surface area contributed by atoms with E-state index < -0.39 is 11.8 Å². The number of halogens is 1. The number of benzene rings is 1. The summed E-state index contributed by atoms with van der Waals surface area (Å²) in [7, 11) is 1.88. The monoisotopic (exact) mass is 372 g/mol. The van der Waals surface area contributed by atoms with Crippen LogP contribution in [0.25, 0.3) is 6.08 Å². The third kappa shape index (κ3) is 3.72. The van der Waals surface area contributed by atoms with Crippen LogP contribution in [0.15, 0.2) is 63.8 Å². The number of nitrogens with zero attached hydrogens (tertiary/aromatic N) is 2. The zero-order valence-electron chi connectivity index (χ0n) is 14.3. The molecule has 1 aromatic heterocycles. The molecule has 0 saturated carbocycles. The van der Waals surface area contributed by atoms with Crippen molar-refractivity contribution >= 4 is 34.5 Å². The summed E-state index contributed by atoms with van der Waals surface area (Å²) in [6.07, 6.45) is 3.63. The van der Waals surface area contributed by atoms with Gasteiger partial charge in [-0.15, -0.1) is 0 Å². The SMILES string of the molecule is CCOC(=O)C1=C(O)/C(=C\c2cccn2C)SC1=Nc1cccc(F)c1. The van der Waals surface area contributed by atoms with Crippen molar-refractivity contribution in [3.63, 3.8) is 0 Å². The lowest BCUT2D eigenvalue weighted by atomic mass is 10.2. The molecule has 1 N–H and O–H groups in total. The van der Waals surface area contributed by atoms with Gasteiger partial charge in [-0.1, -0.05) is 17.8 Å². The maximum Gasteiger partial charge on any atom is 0.344 e. The number of aromatic nitrogens is 1. The van der Waals surface area contributed by atoms with E-state index in [0.29, 0.717) is 10.6 Å². The molecule has 1 aliphatic rings. The number of aliphatic imine (C=N–C) groups is 1. The molecule has 0 amide bonds. The van der Waals surface area contributed by atoms with Gasteiger partial charge in [0.25, 0.3) is 0 Å². The van der Waals surface area contributed by atoms with Crippen molar-refractivity contribution < 1.29 is 19.0 Å². The Morgan fingerprint density at radius 3 is 2.85 bits per heavy atom. The first-order chi connectivity index (χ1) is 12.5. The van der Waals surface area contributed by atoms with Crippen molar-refractivity contribution in [3.8, 4) is 0 Å². The molecule has 0 fully saturated rings. The van der Waals surface area contributed by atoms with E-state index in [1.807, 2.05) is 29.9 Å². The van der Waals surface area contributed by atoms with E-state index in [-0.39, 0.29) is 23.0 Å². The fourth-order valence-corrected chi connectivity index (χ4v) is 3.43. The van der Waals surface area contributed by atoms with Crippen molar-refractivity contribution in [2.24, 2.45) is 12.0 Å². The van der Waals surface area contributed by atoms with Crippen LogP contribution in [0, 0.1) is 5.82 Å². The number of esters is 1. The number of thioether (sulfide) groups is 1. The van der Waals surface area contributed by atoms with Crippen LogP contribution < -0.4 is 0 Å². The van der Waals surface area contributed by atoms with Gasteiger partial charge in [0.05, 0.1) is 17.2 Å². The van der Waals surface area contributed by atoms with E-state index in [0.717, 1.165) is 17.5 Å². The smallest absolute Gasteiger partial charge is 0.344 e. The summed E-state index contributed by atoms with van der Waals surface area (Å²) >= 11 is 1.14. The van der Waals surface area contributed by atoms with E-state index in [4.69, 9.17) is 4.74 Å². The lowest BCUT2D eigenvalue weighted by Crippen LogP contribution is -2.12. The largest absolute Gasteiger partial charge is 0.506 e. The molecule has 26 heavy (non-hydrogen) atoms. The number of aliphatic hydroxyl groups excluding tert-OH is 1. The Kier molecular flexibility index (Phi) is 5.27. The van der Waals surface area contributed by atoms with Crippen LogP contribution in [0.1, 0.15) is 12.6 Å². The number of rotatable bonds is 4. The van der Waals surface area contributed by atoms with E-state index in [1.54, 1.807) is 19.1 Å². The van der Waals surface area contributed by atoms with Crippen LogP contribution in [0.2, 0.25) is 0 Å². The average molecular weight is 372 g/mol. The summed E-state index contributed by atoms with van der Waals surface area (Å²) < 4.78 is 20.3. The molecule has 2 heterocycles. The number of aryl methyl sites for hydroxylation is 1. The molecule has 0 aliphatic carbocycles. The molecule has 7 heteroatoms. The fourth-order valence-electron chi connectivity index (χ4n) is 2.41. The van der Waals surface area contributed by atoms with Crippen molar-refractivity contribution in [2.75, 3.05) is 6.61 Å². The van der Waals surface area contributed by atoms with Crippen molar-refractivity contribution in [1.82, 2.24) is 4.57 Å². The van der Waals surface area contributed by atoms with Gasteiger partial charge in [0.1, 0.15) is 22.2 Å². The number of carbonyl (C=O) groups is 1. The van der Waals surface area contributed by atoms with Gasteiger partial charge in [0.2, 0.25) is 0 Å². The zero-order valence-corrected chi connectivity index (χ0v) is 15.1. The fraction of sp³-hybridized carbons (Fsp3) is 0.158. The molecule has 0 bridgehead atoms. The highest BCUT2D eigenvalue weighted by molar-refractivity contribution is 8.18. The lowest BCUT2D eigenvalue weighted by Gasteiger charge is -2.03. The highest BCUT2D eigenvalue weighted by Gasteiger charge is 2.33. The van der Waals surface area contributed by atoms with Gasteiger partial charge in [-0.25, -0.2) is 14.2 Å². The molecule has 5 nitrogen and oxygen atoms in total. The average Bonchev–Trinajstić information content (AvgIpc) is 3.12. The first-order valence-corrected chi connectivity index (χ1v) is 8.77. The van der Waals surface area contributed by atoms with E-state index in [1.165, 1.54) is 18.2 Å². The second kappa shape index (κ2) is 7.61. The van der Waals surface area contributed by atoms with Gasteiger partial charge in [-0.05, 0) is 43.3 Å². The quantitative estimate of drug-likeness (QED) is 0.810. The summed E-state index contributed by atoms with van der Waals surface area (Å²) in [5.41, 5.74) is 1.19. The maximum absolute atomic E-state index is 13.4. The standard InChI is InChI=1S/C19H17FN2O3S/c1-3-25-19(24)16-17(23)15(11-14-8-5-9-22(14)2)26-18(16)21-13-7-4-6-12(20)10-13/h4-11,23H,3H2,1-2H3/b15-11+,21-18?. The third-order valence-corrected chi connectivity index (χ3v) is 4.69. The molecule has 2 aromatic rings. The van der Waals surface area contributed by atoms with Gasteiger partial charge in [-0.2, -0.15) is 0 Å². The molecular weight excluding hydrogens is 355 g/mol. The van der Waals surface area contributed by atoms with E-state index in [9.17, 15) is 14.3 Å². The number of ether oxygens (including phenoxy) is 1. The summed E-state index contributed by atoms with van der Waals surface area (Å²) in [4.78, 5) is 17.1. The first-order valence-electron chi connectivity index (χ1n) is 7.96. The molecule has 3 rings (SSSR count). The molecule has 0 radical (unpaired) electrons. The predicted molar refractivity (Wildman–Crippen MR) is 101 cm³/mol. The summed E-state index contributed by atoms with van der Waals surface area (Å²) in [6.45, 7) is 1.85. The van der Waals surface area contributed by atoms with Crippen molar-refractivity contribution in [2.45, 2.75) is 6.92 Å².